The van der Waals surface area contributed by atoms with E-state index in [1.54, 1.807) is 13.0 Å². The monoisotopic (exact) mass is 970 g/mol. The molecule has 0 spiro atoms. The molecule has 1 aromatic carbocycles. The van der Waals surface area contributed by atoms with Gasteiger partial charge in [-0.1, -0.05) is 45.0 Å². The predicted octanol–water partition coefficient (Wildman–Crippen LogP) is -3.57. The van der Waals surface area contributed by atoms with Crippen molar-refractivity contribution in [2.45, 2.75) is 121 Å². The van der Waals surface area contributed by atoms with E-state index in [0.29, 0.717) is 6.42 Å². The highest BCUT2D eigenvalue weighted by Gasteiger charge is 2.47. The number of aromatic hydroxyl groups is 1. The van der Waals surface area contributed by atoms with Gasteiger partial charge in [-0.25, -0.2) is 4.79 Å². The molecule has 0 radical (unpaired) electrons. The van der Waals surface area contributed by atoms with Crippen molar-refractivity contribution in [3.63, 3.8) is 0 Å². The van der Waals surface area contributed by atoms with Gasteiger partial charge in [0.25, 0.3) is 17.7 Å². The van der Waals surface area contributed by atoms with Crippen LogP contribution in [0.15, 0.2) is 36.0 Å². The highest BCUT2D eigenvalue weighted by molar-refractivity contribution is 6.06. The maximum atomic E-state index is 14.6. The minimum atomic E-state index is -2.07. The van der Waals surface area contributed by atoms with Crippen molar-refractivity contribution in [2.75, 3.05) is 27.2 Å². The number of likely N-dealkylation sites (N-methyl/N-ethyl adjacent to an activating group) is 1. The molecule has 4 rings (SSSR count). The second-order valence-corrected chi connectivity index (χ2v) is 17.6. The fraction of sp³-hybridized carbons (Fsp3) is 0.568. The fourth-order valence-corrected chi connectivity index (χ4v) is 7.86. The lowest BCUT2D eigenvalue weighted by Crippen LogP contribution is -2.63. The number of nitrogens with two attached hydrogens (primary N) is 1. The van der Waals surface area contributed by atoms with Gasteiger partial charge in [0.05, 0.1) is 25.1 Å². The number of methoxy groups -OCH3 is 1. The zero-order valence-electron chi connectivity index (χ0n) is 39.4. The minimum absolute atomic E-state index is 0.0271. The maximum Gasteiger partial charge on any atom is 0.414 e. The molecule has 11 N–H and O–H groups in total. The third kappa shape index (κ3) is 14.4. The van der Waals surface area contributed by atoms with Crippen LogP contribution in [0, 0.1) is 11.8 Å². The van der Waals surface area contributed by atoms with Gasteiger partial charge in [-0.05, 0) is 56.6 Å². The van der Waals surface area contributed by atoms with Gasteiger partial charge in [0, 0.05) is 27.1 Å². The van der Waals surface area contributed by atoms with E-state index in [2.05, 4.69) is 31.9 Å². The topological polar surface area (TPSA) is 363 Å². The zero-order chi connectivity index (χ0) is 51.4. The van der Waals surface area contributed by atoms with E-state index in [9.17, 15) is 63.0 Å². The summed E-state index contributed by atoms with van der Waals surface area (Å²) >= 11 is 0. The average molecular weight is 971 g/mol. The first-order chi connectivity index (χ1) is 32.4. The molecule has 3 aliphatic heterocycles. The van der Waals surface area contributed by atoms with Crippen molar-refractivity contribution in [3.05, 3.63) is 41.6 Å². The molecule has 3 saturated heterocycles. The predicted molar refractivity (Wildman–Crippen MR) is 239 cm³/mol. The summed E-state index contributed by atoms with van der Waals surface area (Å²) in [5, 5.41) is 38.5. The molecule has 3 heterocycles. The third-order valence-corrected chi connectivity index (χ3v) is 11.7. The van der Waals surface area contributed by atoms with E-state index in [1.165, 1.54) is 39.2 Å². The standard InChI is InChI=1S/C44H62N10O15/c1-8-24-42(65)53(6)19-31(57)50-33(35-41(64)52-44(67)69-35)39(62)51-32(22(5)68-7)43(66)54-18-21(4)15-28(54)38(61)49-26(16-23-11-9-10-12-29(23)55)36(59)48-27(17-30(45)56)37(60)47-25(14-13-20(2)3)34(58)40(63)46-24/h8-12,20-22,25-28,32-35,55,58H,13-19H2,1-7H3,(H2,45,56)(H,46,63)(H,47,60)(H,48,59)(H,49,61)(H,50,57)(H,51,62)(H,52,64,67). The van der Waals surface area contributed by atoms with E-state index in [4.69, 9.17) is 15.2 Å². The van der Waals surface area contributed by atoms with Crippen molar-refractivity contribution >= 4 is 65.2 Å². The lowest BCUT2D eigenvalue weighted by molar-refractivity contribution is -0.146. The lowest BCUT2D eigenvalue weighted by atomic mass is 9.98. The molecule has 10 unspecified atom stereocenters. The number of imide groups is 1. The number of aliphatic hydroxyl groups is 1. The Balaban J connectivity index is 1.84. The molecule has 0 aromatic heterocycles. The first-order valence-corrected chi connectivity index (χ1v) is 22.3. The number of hydrogen-bond acceptors (Lipinski definition) is 15. The Morgan fingerprint density at radius 1 is 0.884 bits per heavy atom. The van der Waals surface area contributed by atoms with Crippen LogP contribution in [0.1, 0.15) is 65.9 Å². The molecule has 3 fully saturated rings. The van der Waals surface area contributed by atoms with Gasteiger partial charge >= 0.3 is 6.09 Å². The minimum Gasteiger partial charge on any atom is -0.508 e. The maximum absolute atomic E-state index is 14.6. The summed E-state index contributed by atoms with van der Waals surface area (Å²) in [5.41, 5.74) is 5.23. The number of ether oxygens (including phenoxy) is 2. The molecule has 69 heavy (non-hydrogen) atoms. The summed E-state index contributed by atoms with van der Waals surface area (Å²) in [6, 6.07) is -3.92. The first-order valence-electron chi connectivity index (χ1n) is 22.3. The summed E-state index contributed by atoms with van der Waals surface area (Å²) in [4.78, 5) is 152. The number of nitrogens with zero attached hydrogens (tertiary/aromatic N) is 2. The van der Waals surface area contributed by atoms with E-state index < -0.39 is 145 Å². The molecule has 0 saturated carbocycles. The largest absolute Gasteiger partial charge is 0.508 e. The molecule has 0 aliphatic carbocycles. The number of amides is 11. The number of phenolic OH excluding ortho intramolecular Hbond substituents is 1. The van der Waals surface area contributed by atoms with E-state index in [-0.39, 0.29) is 42.5 Å². The van der Waals surface area contributed by atoms with Crippen LogP contribution in [-0.4, -0.2) is 167 Å². The Bertz CT molecular complexity index is 2200. The van der Waals surface area contributed by atoms with E-state index >= 15 is 0 Å². The van der Waals surface area contributed by atoms with Crippen LogP contribution in [0.4, 0.5) is 4.79 Å². The van der Waals surface area contributed by atoms with Gasteiger partial charge in [0.1, 0.15) is 35.6 Å². The number of hydrogen-bond donors (Lipinski definition) is 10. The number of allylic oxidation sites excluding steroid dienone is 1. The number of primary amides is 1. The Morgan fingerprint density at radius 3 is 2.13 bits per heavy atom. The number of carbonyl (C=O) groups is 11. The number of carbonyl (C=O) groups excluding carboxylic acids is 11. The Hall–Kier alpha value is -7.15. The average Bonchev–Trinajstić information content (AvgIpc) is 3.85. The van der Waals surface area contributed by atoms with Crippen molar-refractivity contribution in [1.82, 2.24) is 47.0 Å². The number of benzene rings is 1. The van der Waals surface area contributed by atoms with Gasteiger partial charge in [-0.3, -0.25) is 53.3 Å². The third-order valence-electron chi connectivity index (χ3n) is 11.7. The molecule has 25 nitrogen and oxygen atoms in total. The smallest absolute Gasteiger partial charge is 0.414 e. The molecular weight excluding hydrogens is 909 g/mol. The summed E-state index contributed by atoms with van der Waals surface area (Å²) in [5.74, 6) is -11.2. The normalized spacial score (nSPS) is 28.5. The lowest BCUT2D eigenvalue weighted by Gasteiger charge is -2.33. The SMILES string of the molecule is CC=C1NC(=O)C(O)C(CCC(C)C)NC(=O)C(CC(N)=O)NC(=O)C(Cc2ccccc2O)NC(=O)C2CC(C)CN2C(=O)C(C(C)OC)NC(=O)C(C2OC(=O)NC2=O)NC(=O)CN(C)C1=O. The summed E-state index contributed by atoms with van der Waals surface area (Å²) in [6.07, 6.45) is -6.18. The van der Waals surface area contributed by atoms with Crippen molar-refractivity contribution in [3.8, 4) is 5.75 Å². The fourth-order valence-electron chi connectivity index (χ4n) is 7.86. The number of alkyl carbamates (subject to hydrolysis) is 1. The van der Waals surface area contributed by atoms with Crippen LogP contribution in [0.3, 0.4) is 0 Å². The zero-order valence-corrected chi connectivity index (χ0v) is 39.4. The molecule has 10 atom stereocenters. The van der Waals surface area contributed by atoms with Gasteiger partial charge in [0.15, 0.2) is 12.1 Å². The van der Waals surface area contributed by atoms with Crippen LogP contribution in [0.25, 0.3) is 0 Å². The number of nitrogens with one attached hydrogen (secondary N) is 7. The number of para-hydroxylation sites is 1. The number of aliphatic hydroxyl groups excluding tert-OH is 1. The summed E-state index contributed by atoms with van der Waals surface area (Å²) in [7, 11) is 2.36. The molecule has 378 valence electrons. The highest BCUT2D eigenvalue weighted by Crippen LogP contribution is 2.26. The van der Waals surface area contributed by atoms with E-state index in [1.807, 2.05) is 19.2 Å². The summed E-state index contributed by atoms with van der Waals surface area (Å²) < 4.78 is 10.5. The van der Waals surface area contributed by atoms with Crippen LogP contribution >= 0.6 is 0 Å². The molecule has 1 aromatic rings. The first kappa shape index (κ1) is 54.5. The Labute approximate surface area is 397 Å². The van der Waals surface area contributed by atoms with Crippen LogP contribution in [0.5, 0.6) is 5.75 Å². The number of rotatable bonds is 10. The van der Waals surface area contributed by atoms with E-state index in [0.717, 1.165) is 22.9 Å². The number of phenols is 1. The van der Waals surface area contributed by atoms with Crippen molar-refractivity contribution in [1.29, 1.82) is 0 Å². The van der Waals surface area contributed by atoms with Crippen LogP contribution < -0.4 is 43.0 Å². The number of fused-ring (bicyclic) bond motifs is 1. The summed E-state index contributed by atoms with van der Waals surface area (Å²) in [6.45, 7) is 7.24. The molecule has 25 heteroatoms. The Morgan fingerprint density at radius 2 is 1.54 bits per heavy atom. The highest BCUT2D eigenvalue weighted by atomic mass is 16.6. The molecule has 0 bridgehead atoms. The Kier molecular flexibility index (Phi) is 19.1. The molecule has 3 aliphatic rings. The molecule has 11 amide bonds. The van der Waals surface area contributed by atoms with Crippen LogP contribution in [-0.2, 0) is 63.8 Å². The van der Waals surface area contributed by atoms with Crippen molar-refractivity contribution < 1.29 is 72.4 Å². The van der Waals surface area contributed by atoms with Crippen LogP contribution in [0.2, 0.25) is 0 Å². The second kappa shape index (κ2) is 24.2. The van der Waals surface area contributed by atoms with Gasteiger partial charge in [0.2, 0.25) is 47.5 Å². The van der Waals surface area contributed by atoms with Gasteiger partial charge in [-0.2, -0.15) is 0 Å². The van der Waals surface area contributed by atoms with Gasteiger partial charge in [-0.15, -0.1) is 0 Å². The second-order valence-electron chi connectivity index (χ2n) is 17.6. The quantitative estimate of drug-likeness (QED) is 0.101. The molecular formula is C44H62N10O15. The van der Waals surface area contributed by atoms with Gasteiger partial charge < -0.3 is 67.1 Å². The van der Waals surface area contributed by atoms with Crippen molar-refractivity contribution in [2.24, 2.45) is 17.6 Å². The number of cyclic esters (lactones) is 1.